The average Bonchev–Trinajstić information content (AvgIpc) is 3.11. The largest absolute Gasteiger partial charge is 0.382 e. The van der Waals surface area contributed by atoms with Crippen molar-refractivity contribution >= 4 is 32.2 Å². The summed E-state index contributed by atoms with van der Waals surface area (Å²) in [7, 11) is 0.658. The van der Waals surface area contributed by atoms with E-state index in [1.807, 2.05) is 14.1 Å². The van der Waals surface area contributed by atoms with Crippen molar-refractivity contribution in [1.82, 2.24) is 9.27 Å². The number of nitrogens with one attached hydrogen (secondary N) is 1. The smallest absolute Gasteiger partial charge is 0.187 e. The van der Waals surface area contributed by atoms with Gasteiger partial charge in [0.15, 0.2) is 15.7 Å². The first kappa shape index (κ1) is 14.5. The van der Waals surface area contributed by atoms with Crippen molar-refractivity contribution in [2.75, 3.05) is 31.7 Å². The second-order valence-corrected chi connectivity index (χ2v) is 8.10. The number of sulfone groups is 1. The average molecular weight is 304 g/mol. The van der Waals surface area contributed by atoms with Gasteiger partial charge in [0.2, 0.25) is 0 Å². The molecule has 8 heteroatoms. The van der Waals surface area contributed by atoms with Crippen LogP contribution in [0.25, 0.3) is 0 Å². The molecule has 1 heterocycles. The standard InChI is InChI=1S/C11H20N4O2S2/c1-7(15(2)3)6-13-11-9(10(12)14-18-11)19(16,17)8-4-5-8/h7-8,13H,4-6H2,1-3H3,(H2,12,14). The first-order chi connectivity index (χ1) is 8.84. The van der Waals surface area contributed by atoms with Crippen LogP contribution in [-0.4, -0.2) is 49.6 Å². The molecule has 108 valence electrons. The van der Waals surface area contributed by atoms with Crippen LogP contribution >= 0.6 is 11.5 Å². The Morgan fingerprint density at radius 2 is 2.16 bits per heavy atom. The van der Waals surface area contributed by atoms with E-state index >= 15 is 0 Å². The van der Waals surface area contributed by atoms with Crippen LogP contribution in [0.3, 0.4) is 0 Å². The Kier molecular flexibility index (Phi) is 4.03. The van der Waals surface area contributed by atoms with E-state index < -0.39 is 9.84 Å². The summed E-state index contributed by atoms with van der Waals surface area (Å²) in [6.45, 7) is 2.72. The maximum Gasteiger partial charge on any atom is 0.187 e. The Morgan fingerprint density at radius 1 is 1.53 bits per heavy atom. The summed E-state index contributed by atoms with van der Waals surface area (Å²) in [5, 5.41) is 3.46. The van der Waals surface area contributed by atoms with Crippen molar-refractivity contribution in [2.45, 2.75) is 36.0 Å². The van der Waals surface area contributed by atoms with E-state index in [1.54, 1.807) is 0 Å². The molecule has 0 saturated heterocycles. The molecule has 2 rings (SSSR count). The van der Waals surface area contributed by atoms with E-state index in [1.165, 1.54) is 0 Å². The van der Waals surface area contributed by atoms with E-state index in [2.05, 4.69) is 21.5 Å². The highest BCUT2D eigenvalue weighted by Crippen LogP contribution is 2.40. The molecule has 3 N–H and O–H groups in total. The van der Waals surface area contributed by atoms with Crippen molar-refractivity contribution in [2.24, 2.45) is 0 Å². The van der Waals surface area contributed by atoms with E-state index in [4.69, 9.17) is 5.73 Å². The molecule has 0 spiro atoms. The first-order valence-electron chi connectivity index (χ1n) is 6.23. The Labute approximate surface area is 118 Å². The lowest BCUT2D eigenvalue weighted by Crippen LogP contribution is -2.31. The van der Waals surface area contributed by atoms with Gasteiger partial charge in [-0.05, 0) is 45.4 Å². The predicted octanol–water partition coefficient (Wildman–Crippen LogP) is 1.02. The number of rotatable bonds is 6. The minimum Gasteiger partial charge on any atom is -0.382 e. The molecular formula is C11H20N4O2S2. The van der Waals surface area contributed by atoms with Crippen molar-refractivity contribution < 1.29 is 8.42 Å². The Balaban J connectivity index is 2.19. The summed E-state index contributed by atoms with van der Waals surface area (Å²) in [5.74, 6) is 0.122. The SMILES string of the molecule is CC(CNc1snc(N)c1S(=O)(=O)C1CC1)N(C)C. The highest BCUT2D eigenvalue weighted by Gasteiger charge is 2.40. The fourth-order valence-corrected chi connectivity index (χ4v) is 4.54. The van der Waals surface area contributed by atoms with Crippen LogP contribution in [0.2, 0.25) is 0 Å². The molecule has 1 aliphatic carbocycles. The zero-order chi connectivity index (χ0) is 14.2. The second-order valence-electron chi connectivity index (χ2n) is 5.16. The predicted molar refractivity (Wildman–Crippen MR) is 78.4 cm³/mol. The molecule has 0 amide bonds. The minimum absolute atomic E-state index is 0.122. The van der Waals surface area contributed by atoms with Crippen molar-refractivity contribution in [3.63, 3.8) is 0 Å². The molecule has 1 saturated carbocycles. The molecule has 0 bridgehead atoms. The van der Waals surface area contributed by atoms with Gasteiger partial charge in [0, 0.05) is 12.6 Å². The van der Waals surface area contributed by atoms with Crippen LogP contribution in [0.1, 0.15) is 19.8 Å². The van der Waals surface area contributed by atoms with E-state index in [9.17, 15) is 8.42 Å². The Bertz CT molecular complexity index is 549. The topological polar surface area (TPSA) is 88.3 Å². The molecule has 0 radical (unpaired) electrons. The summed E-state index contributed by atoms with van der Waals surface area (Å²) >= 11 is 1.12. The maximum absolute atomic E-state index is 12.3. The van der Waals surface area contributed by atoms with Gasteiger partial charge in [0.05, 0.1) is 5.25 Å². The molecule has 6 nitrogen and oxygen atoms in total. The molecular weight excluding hydrogens is 284 g/mol. The second kappa shape index (κ2) is 5.26. The number of hydrogen-bond acceptors (Lipinski definition) is 7. The quantitative estimate of drug-likeness (QED) is 0.816. The highest BCUT2D eigenvalue weighted by atomic mass is 32.2. The van der Waals surface area contributed by atoms with Crippen LogP contribution in [0.15, 0.2) is 4.90 Å². The van der Waals surface area contributed by atoms with Crippen LogP contribution in [0, 0.1) is 0 Å². The first-order valence-corrected chi connectivity index (χ1v) is 8.55. The number of likely N-dealkylation sites (N-methyl/N-ethyl adjacent to an activating group) is 1. The van der Waals surface area contributed by atoms with Gasteiger partial charge in [-0.3, -0.25) is 0 Å². The molecule has 1 aromatic heterocycles. The van der Waals surface area contributed by atoms with Gasteiger partial charge in [0.25, 0.3) is 0 Å². The summed E-state index contributed by atoms with van der Waals surface area (Å²) in [4.78, 5) is 2.26. The summed E-state index contributed by atoms with van der Waals surface area (Å²) in [6.07, 6.45) is 1.45. The lowest BCUT2D eigenvalue weighted by atomic mass is 10.3. The fourth-order valence-electron chi connectivity index (χ4n) is 1.65. The molecule has 0 aromatic carbocycles. The van der Waals surface area contributed by atoms with Gasteiger partial charge in [-0.25, -0.2) is 8.42 Å². The van der Waals surface area contributed by atoms with Gasteiger partial charge in [0.1, 0.15) is 9.90 Å². The maximum atomic E-state index is 12.3. The monoisotopic (exact) mass is 304 g/mol. The van der Waals surface area contributed by atoms with Gasteiger partial charge < -0.3 is 16.0 Å². The fraction of sp³-hybridized carbons (Fsp3) is 0.727. The summed E-state index contributed by atoms with van der Waals surface area (Å²) in [5.41, 5.74) is 5.73. The lowest BCUT2D eigenvalue weighted by Gasteiger charge is -2.20. The van der Waals surface area contributed by atoms with Gasteiger partial charge in [-0.2, -0.15) is 4.37 Å². The minimum atomic E-state index is -3.31. The van der Waals surface area contributed by atoms with Gasteiger partial charge in [-0.1, -0.05) is 0 Å². The molecule has 1 unspecified atom stereocenters. The molecule has 1 atom stereocenters. The Hall–Kier alpha value is -0.860. The third-order valence-electron chi connectivity index (χ3n) is 3.36. The van der Waals surface area contributed by atoms with Crippen LogP contribution in [-0.2, 0) is 9.84 Å². The summed E-state index contributed by atoms with van der Waals surface area (Å²) < 4.78 is 28.6. The normalized spacial score (nSPS) is 17.7. The van der Waals surface area contributed by atoms with Crippen molar-refractivity contribution in [3.05, 3.63) is 0 Å². The number of nitrogens with two attached hydrogens (primary N) is 1. The van der Waals surface area contributed by atoms with E-state index in [0.717, 1.165) is 24.4 Å². The van der Waals surface area contributed by atoms with E-state index in [0.29, 0.717) is 17.6 Å². The van der Waals surface area contributed by atoms with Crippen molar-refractivity contribution in [3.8, 4) is 0 Å². The number of nitrogens with zero attached hydrogens (tertiary/aromatic N) is 2. The third-order valence-corrected chi connectivity index (χ3v) is 6.64. The highest BCUT2D eigenvalue weighted by molar-refractivity contribution is 7.92. The molecule has 1 fully saturated rings. The number of nitrogen functional groups attached to an aromatic ring is 1. The zero-order valence-electron chi connectivity index (χ0n) is 11.4. The van der Waals surface area contributed by atoms with Crippen LogP contribution < -0.4 is 11.1 Å². The summed E-state index contributed by atoms with van der Waals surface area (Å²) in [6, 6.07) is 0.291. The number of aromatic nitrogens is 1. The molecule has 1 aromatic rings. The Morgan fingerprint density at radius 3 is 2.68 bits per heavy atom. The zero-order valence-corrected chi connectivity index (χ0v) is 13.0. The van der Waals surface area contributed by atoms with Crippen LogP contribution in [0.4, 0.5) is 10.8 Å². The molecule has 0 aliphatic heterocycles. The van der Waals surface area contributed by atoms with E-state index in [-0.39, 0.29) is 16.0 Å². The van der Waals surface area contributed by atoms with Gasteiger partial charge >= 0.3 is 0 Å². The number of hydrogen-bond donors (Lipinski definition) is 2. The number of anilines is 2. The van der Waals surface area contributed by atoms with Crippen molar-refractivity contribution in [1.29, 1.82) is 0 Å². The van der Waals surface area contributed by atoms with Crippen LogP contribution in [0.5, 0.6) is 0 Å². The molecule has 1 aliphatic rings. The molecule has 19 heavy (non-hydrogen) atoms. The lowest BCUT2D eigenvalue weighted by molar-refractivity contribution is 0.326. The third kappa shape index (κ3) is 3.01. The van der Waals surface area contributed by atoms with Gasteiger partial charge in [-0.15, -0.1) is 0 Å².